The lowest BCUT2D eigenvalue weighted by Gasteiger charge is -2.47. The Labute approximate surface area is 262 Å². The minimum atomic E-state index is -1.16. The zero-order valence-corrected chi connectivity index (χ0v) is 26.7. The van der Waals surface area contributed by atoms with Crippen molar-refractivity contribution in [1.29, 1.82) is 0 Å². The third kappa shape index (κ3) is 5.95. The van der Waals surface area contributed by atoms with Gasteiger partial charge in [0.15, 0.2) is 5.69 Å². The summed E-state index contributed by atoms with van der Waals surface area (Å²) in [5.74, 6) is -3.21. The SMILES string of the molecule is COCC1CCCN1CC12CCC(N(C)C(=O)C(=O)N(C)C)(CC1)c1nc(C(=O)NCc3ccc(F)c(C)c3)c(O)c(=O)n1C2. The number of rotatable bonds is 8. The summed E-state index contributed by atoms with van der Waals surface area (Å²) in [5, 5.41) is 13.8. The van der Waals surface area contributed by atoms with Crippen LogP contribution < -0.4 is 10.9 Å². The Kier molecular flexibility index (Phi) is 9.05. The third-order valence-corrected chi connectivity index (χ3v) is 10.0. The molecule has 0 spiro atoms. The van der Waals surface area contributed by atoms with Gasteiger partial charge < -0.3 is 25.0 Å². The summed E-state index contributed by atoms with van der Waals surface area (Å²) in [4.78, 5) is 63.3. The van der Waals surface area contributed by atoms with Crippen molar-refractivity contribution in [1.82, 2.24) is 29.6 Å². The average molecular weight is 627 g/mol. The van der Waals surface area contributed by atoms with Crippen molar-refractivity contribution in [2.24, 2.45) is 5.41 Å². The van der Waals surface area contributed by atoms with E-state index >= 15 is 0 Å². The maximum Gasteiger partial charge on any atom is 0.312 e. The van der Waals surface area contributed by atoms with Gasteiger partial charge in [0, 0.05) is 59.3 Å². The van der Waals surface area contributed by atoms with E-state index in [-0.39, 0.29) is 36.2 Å². The van der Waals surface area contributed by atoms with E-state index in [1.165, 1.54) is 47.6 Å². The molecule has 1 unspecified atom stereocenters. The van der Waals surface area contributed by atoms with Gasteiger partial charge in [0.1, 0.15) is 17.2 Å². The number of hydrogen-bond donors (Lipinski definition) is 2. The second-order valence-electron chi connectivity index (χ2n) is 13.1. The highest BCUT2D eigenvalue weighted by atomic mass is 19.1. The first-order valence-corrected chi connectivity index (χ1v) is 15.4. The van der Waals surface area contributed by atoms with Gasteiger partial charge in [-0.05, 0) is 69.2 Å². The molecule has 2 fully saturated rings. The molecule has 1 saturated carbocycles. The number of nitrogens with zero attached hydrogens (tertiary/aromatic N) is 5. The number of aromatic hydroxyl groups is 1. The van der Waals surface area contributed by atoms with E-state index in [9.17, 15) is 28.7 Å². The summed E-state index contributed by atoms with van der Waals surface area (Å²) >= 11 is 0. The molecule has 1 atom stereocenters. The smallest absolute Gasteiger partial charge is 0.312 e. The highest BCUT2D eigenvalue weighted by Crippen LogP contribution is 2.52. The maximum absolute atomic E-state index is 13.9. The van der Waals surface area contributed by atoms with Crippen LogP contribution in [0.3, 0.4) is 0 Å². The fraction of sp³-hybridized carbons (Fsp3) is 0.594. The van der Waals surface area contributed by atoms with Crippen LogP contribution in [0.25, 0.3) is 0 Å². The van der Waals surface area contributed by atoms with E-state index in [4.69, 9.17) is 4.74 Å². The van der Waals surface area contributed by atoms with Crippen molar-refractivity contribution in [2.75, 3.05) is 47.9 Å². The predicted octanol–water partition coefficient (Wildman–Crippen LogP) is 1.75. The molecule has 4 heterocycles. The second-order valence-corrected chi connectivity index (χ2v) is 13.1. The summed E-state index contributed by atoms with van der Waals surface area (Å²) < 4.78 is 20.6. The number of carbonyl (C=O) groups excluding carboxylic acids is 3. The number of halogens is 1. The van der Waals surface area contributed by atoms with Crippen LogP contribution in [0.4, 0.5) is 4.39 Å². The Morgan fingerprint density at radius 3 is 2.51 bits per heavy atom. The summed E-state index contributed by atoms with van der Waals surface area (Å²) in [6.07, 6.45) is 4.20. The lowest BCUT2D eigenvalue weighted by atomic mass is 9.67. The molecule has 2 N–H and O–H groups in total. The predicted molar refractivity (Wildman–Crippen MR) is 163 cm³/mol. The molecule has 45 heavy (non-hydrogen) atoms. The van der Waals surface area contributed by atoms with Crippen LogP contribution in [0.2, 0.25) is 0 Å². The summed E-state index contributed by atoms with van der Waals surface area (Å²) in [5.41, 5.74) is -1.69. The lowest BCUT2D eigenvalue weighted by Crippen LogP contribution is -2.55. The summed E-state index contributed by atoms with van der Waals surface area (Å²) in [7, 11) is 6.22. The second kappa shape index (κ2) is 12.5. The largest absolute Gasteiger partial charge is 0.501 e. The van der Waals surface area contributed by atoms with Crippen LogP contribution in [0.1, 0.15) is 66.0 Å². The van der Waals surface area contributed by atoms with Gasteiger partial charge in [0.2, 0.25) is 5.75 Å². The molecule has 12 nitrogen and oxygen atoms in total. The van der Waals surface area contributed by atoms with Crippen molar-refractivity contribution >= 4 is 17.7 Å². The molecule has 3 aliphatic heterocycles. The number of ether oxygens (including phenoxy) is 1. The third-order valence-electron chi connectivity index (χ3n) is 10.0. The van der Waals surface area contributed by atoms with Crippen molar-refractivity contribution in [3.63, 3.8) is 0 Å². The normalized spacial score (nSPS) is 24.2. The Hall–Kier alpha value is -3.84. The van der Waals surface area contributed by atoms with E-state index in [2.05, 4.69) is 15.2 Å². The lowest BCUT2D eigenvalue weighted by molar-refractivity contribution is -0.155. The van der Waals surface area contributed by atoms with Gasteiger partial charge in [-0.3, -0.25) is 28.6 Å². The molecule has 1 saturated heterocycles. The summed E-state index contributed by atoms with van der Waals surface area (Å²) in [6, 6.07) is 4.70. The van der Waals surface area contributed by atoms with E-state index in [1.54, 1.807) is 20.1 Å². The fourth-order valence-electron chi connectivity index (χ4n) is 7.34. The van der Waals surface area contributed by atoms with Gasteiger partial charge in [0.05, 0.1) is 6.61 Å². The topological polar surface area (TPSA) is 137 Å². The first kappa shape index (κ1) is 32.6. The van der Waals surface area contributed by atoms with Crippen molar-refractivity contribution < 1.29 is 28.6 Å². The van der Waals surface area contributed by atoms with Crippen molar-refractivity contribution in [3.8, 4) is 5.75 Å². The molecule has 2 aromatic rings. The molecule has 13 heteroatoms. The van der Waals surface area contributed by atoms with Crippen molar-refractivity contribution in [3.05, 3.63) is 57.0 Å². The van der Waals surface area contributed by atoms with Gasteiger partial charge >= 0.3 is 11.8 Å². The Bertz CT molecular complexity index is 1550. The summed E-state index contributed by atoms with van der Waals surface area (Å²) in [6.45, 7) is 4.11. The average Bonchev–Trinajstić information content (AvgIpc) is 3.33. The highest BCUT2D eigenvalue weighted by Gasteiger charge is 2.55. The number of aryl methyl sites for hydroxylation is 1. The number of aromatic nitrogens is 2. The number of benzene rings is 1. The van der Waals surface area contributed by atoms with E-state index < -0.39 is 40.3 Å². The number of likely N-dealkylation sites (tertiary alicyclic amines) is 1. The molecule has 1 aromatic heterocycles. The highest BCUT2D eigenvalue weighted by molar-refractivity contribution is 6.34. The van der Waals surface area contributed by atoms with Crippen LogP contribution in [-0.4, -0.2) is 101 Å². The van der Waals surface area contributed by atoms with E-state index in [1.807, 2.05) is 0 Å². The van der Waals surface area contributed by atoms with Gasteiger partial charge in [-0.25, -0.2) is 9.37 Å². The molecule has 0 radical (unpaired) electrons. The van der Waals surface area contributed by atoms with E-state index in [0.29, 0.717) is 50.0 Å². The monoisotopic (exact) mass is 626 g/mol. The fourth-order valence-corrected chi connectivity index (χ4v) is 7.34. The molecule has 6 rings (SSSR count). The van der Waals surface area contributed by atoms with Gasteiger partial charge in [0.25, 0.3) is 11.5 Å². The number of carbonyl (C=O) groups is 3. The number of nitrogens with one attached hydrogen (secondary N) is 1. The molecule has 1 aromatic carbocycles. The first-order valence-electron chi connectivity index (χ1n) is 15.4. The number of hydrogen-bond acceptors (Lipinski definition) is 8. The Morgan fingerprint density at radius 1 is 1.16 bits per heavy atom. The first-order chi connectivity index (χ1) is 21.3. The number of fused-ring (bicyclic) bond motifs is 2. The number of amides is 3. The minimum Gasteiger partial charge on any atom is -0.501 e. The molecule has 244 valence electrons. The minimum absolute atomic E-state index is 0.0158. The van der Waals surface area contributed by atoms with Gasteiger partial charge in [-0.2, -0.15) is 0 Å². The molecule has 2 bridgehead atoms. The Morgan fingerprint density at radius 2 is 1.87 bits per heavy atom. The van der Waals surface area contributed by atoms with Gasteiger partial charge in [-0.1, -0.05) is 12.1 Å². The van der Waals surface area contributed by atoms with Gasteiger partial charge in [-0.15, -0.1) is 0 Å². The number of methoxy groups -OCH3 is 1. The maximum atomic E-state index is 13.9. The molecular weight excluding hydrogens is 583 g/mol. The Balaban J connectivity index is 1.55. The molecular formula is C32H43FN6O6. The molecule has 3 amide bonds. The molecule has 4 aliphatic rings. The quantitative estimate of drug-likeness (QED) is 0.423. The van der Waals surface area contributed by atoms with Crippen molar-refractivity contribution in [2.45, 2.75) is 70.1 Å². The zero-order valence-electron chi connectivity index (χ0n) is 26.7. The van der Waals surface area contributed by atoms with Crippen LogP contribution in [0, 0.1) is 18.2 Å². The standard InChI is InChI=1S/C32H43FN6O6/c1-20-15-21(8-9-23(20)33)16-34-26(41)24-25(40)27(42)39-19-31(18-38-14-6-7-22(38)17-45-5)10-12-32(13-11-31,30(39)35-24)37(4)29(44)28(43)36(2)3/h8-9,15,22,40H,6-7,10-14,16-19H2,1-5H3,(H,34,41). The number of likely N-dealkylation sites (N-methyl/N-ethyl adjacent to an activating group) is 2. The van der Waals surface area contributed by atoms with Crippen LogP contribution >= 0.6 is 0 Å². The van der Waals surface area contributed by atoms with Crippen LogP contribution in [0.15, 0.2) is 23.0 Å². The zero-order chi connectivity index (χ0) is 32.7. The molecule has 1 aliphatic carbocycles. The van der Waals surface area contributed by atoms with Crippen LogP contribution in [-0.2, 0) is 33.0 Å². The van der Waals surface area contributed by atoms with E-state index in [0.717, 1.165) is 19.4 Å². The van der Waals surface area contributed by atoms with Crippen LogP contribution in [0.5, 0.6) is 5.75 Å².